The molecule has 18 heavy (non-hydrogen) atoms. The number of hydrogen-bond donors (Lipinski definition) is 3. The van der Waals surface area contributed by atoms with Gasteiger partial charge in [0.05, 0.1) is 6.42 Å². The van der Waals surface area contributed by atoms with Gasteiger partial charge in [-0.25, -0.2) is 0 Å². The monoisotopic (exact) mass is 249 g/mol. The predicted molar refractivity (Wildman–Crippen MR) is 67.2 cm³/mol. The lowest BCUT2D eigenvalue weighted by molar-refractivity contribution is -0.119. The van der Waals surface area contributed by atoms with Crippen molar-refractivity contribution in [1.29, 1.82) is 0 Å². The van der Waals surface area contributed by atoms with Gasteiger partial charge in [0.15, 0.2) is 0 Å². The first kappa shape index (κ1) is 14.0. The fourth-order valence-electron chi connectivity index (χ4n) is 1.50. The number of carbonyl (C=O) groups excluding carboxylic acids is 2. The molecule has 5 heteroatoms. The number of primary amides is 1. The number of nitrogens with one attached hydrogen (secondary N) is 1. The van der Waals surface area contributed by atoms with Crippen LogP contribution in [0, 0.1) is 12.3 Å². The van der Waals surface area contributed by atoms with Crippen LogP contribution in [0.5, 0.6) is 5.75 Å². The van der Waals surface area contributed by atoms with Gasteiger partial charge in [0, 0.05) is 13.0 Å². The lowest BCUT2D eigenvalue weighted by atomic mass is 10.0. The summed E-state index contributed by atoms with van der Waals surface area (Å²) >= 11 is 0. The predicted octanol–water partition coefficient (Wildman–Crippen LogP) is 0.724. The molecule has 1 rings (SSSR count). The Labute approximate surface area is 106 Å². The van der Waals surface area contributed by atoms with E-state index in [9.17, 15) is 9.59 Å². The third-order valence-electron chi connectivity index (χ3n) is 2.36. The lowest BCUT2D eigenvalue weighted by Gasteiger charge is -2.09. The molecule has 0 aliphatic rings. The summed E-state index contributed by atoms with van der Waals surface area (Å²) in [5.74, 6) is -0.657. The van der Waals surface area contributed by atoms with Gasteiger partial charge in [0.1, 0.15) is 5.75 Å². The molecule has 2 amide bonds. The zero-order valence-electron chi connectivity index (χ0n) is 10.2. The Hall–Kier alpha value is -2.04. The molecule has 0 saturated heterocycles. The number of amides is 2. The molecule has 1 atom stereocenters. The van der Waals surface area contributed by atoms with Crippen molar-refractivity contribution >= 4 is 11.8 Å². The van der Waals surface area contributed by atoms with Gasteiger partial charge < -0.3 is 16.2 Å². The normalized spacial score (nSPS) is 11.8. The van der Waals surface area contributed by atoms with Gasteiger partial charge in [0.25, 0.3) is 0 Å². The average Bonchev–Trinajstić information content (AvgIpc) is 2.27. The van der Waals surface area contributed by atoms with Gasteiger partial charge in [0.2, 0.25) is 11.8 Å². The van der Waals surface area contributed by atoms with E-state index in [0.717, 1.165) is 5.56 Å². The molecular formula is C13H17N2O3. The van der Waals surface area contributed by atoms with Crippen LogP contribution in [0.2, 0.25) is 0 Å². The summed E-state index contributed by atoms with van der Waals surface area (Å²) in [5.41, 5.74) is 5.92. The molecule has 0 unspecified atom stereocenters. The minimum Gasteiger partial charge on any atom is -0.508 e. The molecule has 4 N–H and O–H groups in total. The molecule has 0 aliphatic carbocycles. The van der Waals surface area contributed by atoms with Crippen LogP contribution in [-0.4, -0.2) is 16.9 Å². The minimum atomic E-state index is -0.426. The van der Waals surface area contributed by atoms with Crippen molar-refractivity contribution in [3.8, 4) is 5.75 Å². The average molecular weight is 249 g/mol. The largest absolute Gasteiger partial charge is 0.508 e. The standard InChI is InChI=1S/C13H17N2O3/c1-9(6-12(14)17)7-13(18)15-8-10-2-4-11(16)5-3-10/h2-5,7,9,16H,6,8H2,1H3,(H2,14,17)(H,15,18)/t9-/m1/s1. The van der Waals surface area contributed by atoms with Crippen LogP contribution in [0.1, 0.15) is 18.9 Å². The highest BCUT2D eigenvalue weighted by molar-refractivity contribution is 5.86. The quantitative estimate of drug-likeness (QED) is 0.693. The SMILES string of the molecule is C[C@@H]([CH]C(=O)NCc1ccc(O)cc1)CC(N)=O. The molecule has 1 radical (unpaired) electrons. The molecule has 0 heterocycles. The second kappa shape index (κ2) is 6.64. The maximum Gasteiger partial charge on any atom is 0.224 e. The van der Waals surface area contributed by atoms with E-state index in [4.69, 9.17) is 10.8 Å². The number of phenolic OH excluding ortho intramolecular Hbond substituents is 1. The van der Waals surface area contributed by atoms with E-state index in [1.807, 2.05) is 0 Å². The van der Waals surface area contributed by atoms with Crippen molar-refractivity contribution in [2.75, 3.05) is 0 Å². The van der Waals surface area contributed by atoms with E-state index in [0.29, 0.717) is 6.54 Å². The zero-order chi connectivity index (χ0) is 13.5. The van der Waals surface area contributed by atoms with Crippen molar-refractivity contribution in [2.24, 2.45) is 11.7 Å². The van der Waals surface area contributed by atoms with Gasteiger partial charge in [-0.2, -0.15) is 0 Å². The van der Waals surface area contributed by atoms with E-state index >= 15 is 0 Å². The van der Waals surface area contributed by atoms with Gasteiger partial charge in [-0.15, -0.1) is 0 Å². The van der Waals surface area contributed by atoms with Crippen LogP contribution in [0.15, 0.2) is 24.3 Å². The van der Waals surface area contributed by atoms with E-state index < -0.39 is 5.91 Å². The molecule has 0 bridgehead atoms. The van der Waals surface area contributed by atoms with Crippen molar-refractivity contribution in [3.63, 3.8) is 0 Å². The molecular weight excluding hydrogens is 232 g/mol. The summed E-state index contributed by atoms with van der Waals surface area (Å²) in [4.78, 5) is 22.2. The first-order valence-corrected chi connectivity index (χ1v) is 5.66. The highest BCUT2D eigenvalue weighted by atomic mass is 16.3. The molecule has 97 valence electrons. The molecule has 1 aromatic carbocycles. The molecule has 0 spiro atoms. The van der Waals surface area contributed by atoms with Crippen molar-refractivity contribution in [1.82, 2.24) is 5.32 Å². The fourth-order valence-corrected chi connectivity index (χ4v) is 1.50. The van der Waals surface area contributed by atoms with E-state index in [1.54, 1.807) is 31.2 Å². The van der Waals surface area contributed by atoms with Gasteiger partial charge in [-0.1, -0.05) is 19.1 Å². The molecule has 0 fully saturated rings. The first-order valence-electron chi connectivity index (χ1n) is 5.66. The Morgan fingerprint density at radius 3 is 2.56 bits per heavy atom. The maximum absolute atomic E-state index is 11.5. The van der Waals surface area contributed by atoms with Crippen molar-refractivity contribution in [3.05, 3.63) is 36.2 Å². The van der Waals surface area contributed by atoms with Crippen LogP contribution >= 0.6 is 0 Å². The summed E-state index contributed by atoms with van der Waals surface area (Å²) in [6.07, 6.45) is 1.60. The Morgan fingerprint density at radius 2 is 2.00 bits per heavy atom. The number of aromatic hydroxyl groups is 1. The van der Waals surface area contributed by atoms with E-state index in [-0.39, 0.29) is 24.0 Å². The van der Waals surface area contributed by atoms with Crippen LogP contribution in [0.3, 0.4) is 0 Å². The van der Waals surface area contributed by atoms with Crippen LogP contribution in [-0.2, 0) is 16.1 Å². The van der Waals surface area contributed by atoms with Crippen molar-refractivity contribution in [2.45, 2.75) is 19.9 Å². The minimum absolute atomic E-state index is 0.159. The summed E-state index contributed by atoms with van der Waals surface area (Å²) in [7, 11) is 0. The number of phenols is 1. The van der Waals surface area contributed by atoms with Gasteiger partial charge >= 0.3 is 0 Å². The molecule has 0 aromatic heterocycles. The Kier molecular flexibility index (Phi) is 5.17. The lowest BCUT2D eigenvalue weighted by Crippen LogP contribution is -2.26. The van der Waals surface area contributed by atoms with Gasteiger partial charge in [-0.05, 0) is 23.6 Å². The number of carbonyl (C=O) groups is 2. The Morgan fingerprint density at radius 1 is 1.39 bits per heavy atom. The summed E-state index contributed by atoms with van der Waals surface area (Å²) < 4.78 is 0. The molecule has 5 nitrogen and oxygen atoms in total. The number of nitrogens with two attached hydrogens (primary N) is 1. The summed E-state index contributed by atoms with van der Waals surface area (Å²) in [6.45, 7) is 2.13. The Balaban J connectivity index is 2.32. The summed E-state index contributed by atoms with van der Waals surface area (Å²) in [5, 5.41) is 11.8. The summed E-state index contributed by atoms with van der Waals surface area (Å²) in [6, 6.07) is 6.56. The van der Waals surface area contributed by atoms with E-state index in [2.05, 4.69) is 5.32 Å². The smallest absolute Gasteiger partial charge is 0.224 e. The maximum atomic E-state index is 11.5. The first-order chi connectivity index (χ1) is 8.47. The highest BCUT2D eigenvalue weighted by Gasteiger charge is 2.11. The molecule has 0 aliphatic heterocycles. The highest BCUT2D eigenvalue weighted by Crippen LogP contribution is 2.10. The fraction of sp³-hybridized carbons (Fsp3) is 0.308. The molecule has 1 aromatic rings. The number of hydrogen-bond acceptors (Lipinski definition) is 3. The molecule has 0 saturated carbocycles. The van der Waals surface area contributed by atoms with E-state index in [1.165, 1.54) is 6.42 Å². The van der Waals surface area contributed by atoms with Crippen LogP contribution in [0.25, 0.3) is 0 Å². The van der Waals surface area contributed by atoms with Crippen molar-refractivity contribution < 1.29 is 14.7 Å². The third kappa shape index (κ3) is 5.34. The number of rotatable bonds is 6. The van der Waals surface area contributed by atoms with Gasteiger partial charge in [-0.3, -0.25) is 9.59 Å². The second-order valence-corrected chi connectivity index (χ2v) is 4.20. The topological polar surface area (TPSA) is 92.4 Å². The number of benzene rings is 1. The zero-order valence-corrected chi connectivity index (χ0v) is 10.2. The van der Waals surface area contributed by atoms with Crippen LogP contribution in [0.4, 0.5) is 0 Å². The van der Waals surface area contributed by atoms with Crippen LogP contribution < -0.4 is 11.1 Å². The second-order valence-electron chi connectivity index (χ2n) is 4.20. The third-order valence-corrected chi connectivity index (χ3v) is 2.36. The Bertz CT molecular complexity index is 415.